The van der Waals surface area contributed by atoms with E-state index in [0.29, 0.717) is 11.8 Å². The second-order valence-corrected chi connectivity index (χ2v) is 6.99. The average Bonchev–Trinajstić information content (AvgIpc) is 2.81. The molecule has 0 radical (unpaired) electrons. The smallest absolute Gasteiger partial charge is 0.141 e. The lowest BCUT2D eigenvalue weighted by atomic mass is 9.73. The predicted molar refractivity (Wildman–Crippen MR) is 83.9 cm³/mol. The number of hydrogen-bond donors (Lipinski definition) is 1. The highest BCUT2D eigenvalue weighted by atomic mass is 19.1. The zero-order valence-corrected chi connectivity index (χ0v) is 13.3. The zero-order valence-electron chi connectivity index (χ0n) is 13.3. The zero-order chi connectivity index (χ0) is 15.5. The minimum absolute atomic E-state index is 0.173. The van der Waals surface area contributed by atoms with Crippen molar-refractivity contribution >= 4 is 6.21 Å². The summed E-state index contributed by atoms with van der Waals surface area (Å²) in [4.78, 5) is 6.51. The maximum Gasteiger partial charge on any atom is 0.141 e. The number of hydrogen-bond acceptors (Lipinski definition) is 3. The lowest BCUT2D eigenvalue weighted by molar-refractivity contribution is 0.206. The first-order chi connectivity index (χ1) is 9.93. The number of nitrogens with zero attached hydrogens (tertiary/aromatic N) is 2. The summed E-state index contributed by atoms with van der Waals surface area (Å²) in [5, 5.41) is 7.76. The van der Waals surface area contributed by atoms with E-state index >= 15 is 0 Å². The topological polar surface area (TPSA) is 40.0 Å². The van der Waals surface area contributed by atoms with Crippen molar-refractivity contribution in [3.05, 3.63) is 29.8 Å². The summed E-state index contributed by atoms with van der Waals surface area (Å²) in [5.74, 6) is 0.663. The van der Waals surface area contributed by atoms with Gasteiger partial charge in [-0.2, -0.15) is 0 Å². The molecule has 1 aliphatic rings. The van der Waals surface area contributed by atoms with E-state index in [-0.39, 0.29) is 11.2 Å². The summed E-state index contributed by atoms with van der Waals surface area (Å²) in [5.41, 5.74) is 1.09. The van der Waals surface area contributed by atoms with Crippen molar-refractivity contribution in [2.75, 3.05) is 13.1 Å². The molecule has 0 bridgehead atoms. The van der Waals surface area contributed by atoms with Gasteiger partial charge in [-0.25, -0.2) is 4.39 Å². The minimum Gasteiger partial charge on any atom is -0.313 e. The van der Waals surface area contributed by atoms with Crippen LogP contribution in [0.25, 0.3) is 0 Å². The first kappa shape index (κ1) is 16.1. The molecule has 21 heavy (non-hydrogen) atoms. The molecule has 1 unspecified atom stereocenters. The van der Waals surface area contributed by atoms with Crippen LogP contribution in [0.5, 0.6) is 0 Å². The third-order valence-electron chi connectivity index (χ3n) is 4.58. The molecule has 1 fully saturated rings. The Balaban J connectivity index is 1.98. The Labute approximate surface area is 127 Å². The van der Waals surface area contributed by atoms with Gasteiger partial charge in [0.1, 0.15) is 5.82 Å². The Morgan fingerprint density at radius 3 is 2.81 bits per heavy atom. The predicted octanol–water partition coefficient (Wildman–Crippen LogP) is 3.74. The highest BCUT2D eigenvalue weighted by Gasteiger charge is 2.39. The van der Waals surface area contributed by atoms with Crippen molar-refractivity contribution in [2.45, 2.75) is 40.2 Å². The summed E-state index contributed by atoms with van der Waals surface area (Å²) in [7, 11) is 0. The molecular formula is C17H26FN3. The fourth-order valence-electron chi connectivity index (χ4n) is 3.31. The third kappa shape index (κ3) is 4.10. The fraction of sp³-hybridized carbons (Fsp3) is 0.647. The molecule has 0 spiro atoms. The number of rotatable bonds is 6. The maximum atomic E-state index is 12.9. The molecule has 2 rings (SSSR count). The van der Waals surface area contributed by atoms with Gasteiger partial charge in [0.25, 0.3) is 0 Å². The van der Waals surface area contributed by atoms with E-state index in [2.05, 4.69) is 30.7 Å². The van der Waals surface area contributed by atoms with E-state index in [9.17, 15) is 4.39 Å². The van der Waals surface area contributed by atoms with Crippen molar-refractivity contribution in [3.63, 3.8) is 0 Å². The van der Waals surface area contributed by atoms with Crippen molar-refractivity contribution in [1.29, 1.82) is 5.41 Å². The van der Waals surface area contributed by atoms with Gasteiger partial charge < -0.3 is 5.41 Å². The molecule has 1 saturated heterocycles. The van der Waals surface area contributed by atoms with E-state index in [1.54, 1.807) is 12.3 Å². The second-order valence-electron chi connectivity index (χ2n) is 6.99. The normalized spacial score (nSPS) is 24.4. The van der Waals surface area contributed by atoms with Gasteiger partial charge in [-0.15, -0.1) is 0 Å². The molecule has 3 nitrogen and oxygen atoms in total. The summed E-state index contributed by atoms with van der Waals surface area (Å²) in [6, 6.07) is 3.23. The van der Waals surface area contributed by atoms with Crippen LogP contribution < -0.4 is 0 Å². The number of pyridine rings is 1. The first-order valence-corrected chi connectivity index (χ1v) is 7.76. The van der Waals surface area contributed by atoms with Gasteiger partial charge in [0.2, 0.25) is 0 Å². The number of aromatic nitrogens is 1. The van der Waals surface area contributed by atoms with E-state index in [1.165, 1.54) is 12.3 Å². The van der Waals surface area contributed by atoms with Crippen LogP contribution in [0.4, 0.5) is 4.39 Å². The molecule has 2 heterocycles. The van der Waals surface area contributed by atoms with E-state index in [0.717, 1.165) is 38.2 Å². The van der Waals surface area contributed by atoms with Crippen LogP contribution >= 0.6 is 0 Å². The van der Waals surface area contributed by atoms with Crippen molar-refractivity contribution < 1.29 is 4.39 Å². The molecule has 1 aromatic heterocycles. The number of nitrogens with one attached hydrogen (secondary N) is 1. The largest absolute Gasteiger partial charge is 0.313 e. The summed E-state index contributed by atoms with van der Waals surface area (Å²) < 4.78 is 12.9. The van der Waals surface area contributed by atoms with Gasteiger partial charge >= 0.3 is 0 Å². The van der Waals surface area contributed by atoms with Crippen LogP contribution in [0.3, 0.4) is 0 Å². The van der Waals surface area contributed by atoms with Crippen LogP contribution in [0.2, 0.25) is 0 Å². The van der Waals surface area contributed by atoms with Crippen LogP contribution in [0.1, 0.15) is 39.3 Å². The summed E-state index contributed by atoms with van der Waals surface area (Å²) >= 11 is 0. The molecule has 0 aromatic carbocycles. The number of halogens is 1. The molecular weight excluding hydrogens is 265 g/mol. The lowest BCUT2D eigenvalue weighted by Gasteiger charge is -2.32. The summed E-state index contributed by atoms with van der Waals surface area (Å²) in [6.45, 7) is 9.51. The first-order valence-electron chi connectivity index (χ1n) is 7.76. The highest BCUT2D eigenvalue weighted by molar-refractivity contribution is 5.58. The monoisotopic (exact) mass is 291 g/mol. The van der Waals surface area contributed by atoms with Gasteiger partial charge in [0, 0.05) is 19.0 Å². The van der Waals surface area contributed by atoms with Gasteiger partial charge in [0.05, 0.1) is 11.9 Å². The SMILES string of the molecule is CC(C)CC(C=N)[C@]1(C)CCN(Cc2ccc(F)cn2)C1. The number of likely N-dealkylation sites (tertiary alicyclic amines) is 1. The van der Waals surface area contributed by atoms with E-state index < -0.39 is 0 Å². The van der Waals surface area contributed by atoms with Gasteiger partial charge in [-0.05, 0) is 49.1 Å². The van der Waals surface area contributed by atoms with E-state index in [1.807, 2.05) is 0 Å². The molecule has 0 saturated carbocycles. The standard InChI is InChI=1S/C17H26FN3/c1-13(2)8-14(9-19)17(3)6-7-21(12-17)11-16-5-4-15(18)10-20-16/h4-5,9-10,13-14,19H,6-8,11-12H2,1-3H3/t14?,17-/m1/s1. The van der Waals surface area contributed by atoms with Crippen LogP contribution in [-0.4, -0.2) is 29.2 Å². The fourth-order valence-corrected chi connectivity index (χ4v) is 3.31. The maximum absolute atomic E-state index is 12.9. The molecule has 0 aliphatic carbocycles. The van der Waals surface area contributed by atoms with Crippen molar-refractivity contribution in [2.24, 2.45) is 17.3 Å². The Morgan fingerprint density at radius 1 is 1.48 bits per heavy atom. The van der Waals surface area contributed by atoms with Gasteiger partial charge in [0.15, 0.2) is 0 Å². The summed E-state index contributed by atoms with van der Waals surface area (Å²) in [6.07, 6.45) is 5.10. The van der Waals surface area contributed by atoms with Gasteiger partial charge in [-0.1, -0.05) is 20.8 Å². The Morgan fingerprint density at radius 2 is 2.24 bits per heavy atom. The van der Waals surface area contributed by atoms with Crippen molar-refractivity contribution in [3.8, 4) is 0 Å². The quantitative estimate of drug-likeness (QED) is 0.811. The van der Waals surface area contributed by atoms with Crippen LogP contribution in [0.15, 0.2) is 18.3 Å². The Bertz CT molecular complexity index is 471. The van der Waals surface area contributed by atoms with E-state index in [4.69, 9.17) is 5.41 Å². The molecule has 0 amide bonds. The lowest BCUT2D eigenvalue weighted by Crippen LogP contribution is -2.33. The van der Waals surface area contributed by atoms with Gasteiger partial charge in [-0.3, -0.25) is 9.88 Å². The van der Waals surface area contributed by atoms with Crippen molar-refractivity contribution in [1.82, 2.24) is 9.88 Å². The highest BCUT2D eigenvalue weighted by Crippen LogP contribution is 2.40. The molecule has 2 atom stereocenters. The Kier molecular flexibility index (Phi) is 5.09. The molecule has 1 aromatic rings. The average molecular weight is 291 g/mol. The Hall–Kier alpha value is -1.29. The third-order valence-corrected chi connectivity index (χ3v) is 4.58. The molecule has 1 N–H and O–H groups in total. The minimum atomic E-state index is -0.286. The molecule has 4 heteroatoms. The van der Waals surface area contributed by atoms with Crippen LogP contribution in [-0.2, 0) is 6.54 Å². The second kappa shape index (κ2) is 6.65. The molecule has 1 aliphatic heterocycles. The van der Waals surface area contributed by atoms with Crippen LogP contribution in [0, 0.1) is 28.5 Å². The molecule has 116 valence electrons.